The lowest BCUT2D eigenvalue weighted by Crippen LogP contribution is -2.52. The molecule has 6 rings (SSSR count). The second-order valence-electron chi connectivity index (χ2n) is 9.28. The summed E-state index contributed by atoms with van der Waals surface area (Å²) in [6, 6.07) is 14.1. The molecule has 0 saturated carbocycles. The number of anilines is 1. The van der Waals surface area contributed by atoms with Crippen LogP contribution in [0, 0.1) is 0 Å². The molecule has 1 fully saturated rings. The first kappa shape index (κ1) is 22.0. The fourth-order valence-corrected chi connectivity index (χ4v) is 5.28. The van der Waals surface area contributed by atoms with Crippen molar-refractivity contribution in [1.29, 1.82) is 0 Å². The molecule has 3 aliphatic heterocycles. The maximum absolute atomic E-state index is 13.3. The van der Waals surface area contributed by atoms with Crippen molar-refractivity contribution in [2.24, 2.45) is 0 Å². The lowest BCUT2D eigenvalue weighted by molar-refractivity contribution is -0.136. The summed E-state index contributed by atoms with van der Waals surface area (Å²) in [4.78, 5) is 53.2. The number of benzene rings is 2. The highest BCUT2D eigenvalue weighted by Gasteiger charge is 2.39. The molecule has 1 aromatic heterocycles. The van der Waals surface area contributed by atoms with Crippen molar-refractivity contribution >= 4 is 29.4 Å². The summed E-state index contributed by atoms with van der Waals surface area (Å²) < 4.78 is 1.86. The van der Waals surface area contributed by atoms with Gasteiger partial charge in [0.2, 0.25) is 11.8 Å². The Balaban J connectivity index is 1.19. The first-order valence-corrected chi connectivity index (χ1v) is 11.9. The molecular formula is C26H24N6O4. The maximum Gasteiger partial charge on any atom is 0.322 e. The summed E-state index contributed by atoms with van der Waals surface area (Å²) in [6.45, 7) is 1.20. The van der Waals surface area contributed by atoms with Crippen molar-refractivity contribution in [3.63, 3.8) is 0 Å². The van der Waals surface area contributed by atoms with Gasteiger partial charge in [0.25, 0.3) is 5.91 Å². The van der Waals surface area contributed by atoms with Gasteiger partial charge in [-0.1, -0.05) is 24.3 Å². The molecule has 0 radical (unpaired) electrons. The predicted molar refractivity (Wildman–Crippen MR) is 129 cm³/mol. The standard InChI is InChI=1S/C26H24N6O4/c33-23-9-8-21(24(34)29-23)31-14-17-12-18(6-7-20(17)25(31)35)28-26(36)30-13-16-4-1-2-5-19(16)22(15-30)32-11-3-10-27-32/h1-7,10-12,21-22H,8-9,13-15H2,(H,28,36)(H,29,33,34). The van der Waals surface area contributed by atoms with E-state index in [4.69, 9.17) is 0 Å². The van der Waals surface area contributed by atoms with E-state index in [2.05, 4.69) is 21.8 Å². The molecule has 4 heterocycles. The molecule has 2 N–H and O–H groups in total. The third-order valence-electron chi connectivity index (χ3n) is 7.07. The van der Waals surface area contributed by atoms with E-state index in [1.54, 1.807) is 29.3 Å². The van der Waals surface area contributed by atoms with Gasteiger partial charge in [0.1, 0.15) is 6.04 Å². The van der Waals surface area contributed by atoms with Gasteiger partial charge < -0.3 is 15.1 Å². The summed E-state index contributed by atoms with van der Waals surface area (Å²) in [5, 5.41) is 9.67. The molecule has 3 aromatic rings. The summed E-state index contributed by atoms with van der Waals surface area (Å²) in [5.74, 6) is -1.01. The van der Waals surface area contributed by atoms with Gasteiger partial charge in [0.05, 0.1) is 6.04 Å². The normalized spacial score (nSPS) is 21.2. The Hall–Kier alpha value is -4.47. The Kier molecular flexibility index (Phi) is 5.28. The number of aromatic nitrogens is 2. The number of hydrogen-bond acceptors (Lipinski definition) is 5. The van der Waals surface area contributed by atoms with Crippen LogP contribution in [0.2, 0.25) is 0 Å². The van der Waals surface area contributed by atoms with Crippen molar-refractivity contribution in [3.05, 3.63) is 83.2 Å². The van der Waals surface area contributed by atoms with E-state index in [0.717, 1.165) is 16.7 Å². The van der Waals surface area contributed by atoms with Crippen molar-refractivity contribution in [2.45, 2.75) is 38.0 Å². The zero-order valence-corrected chi connectivity index (χ0v) is 19.4. The number of urea groups is 1. The zero-order chi connectivity index (χ0) is 24.8. The molecule has 2 aromatic carbocycles. The van der Waals surface area contributed by atoms with Gasteiger partial charge in [-0.15, -0.1) is 0 Å². The minimum absolute atomic E-state index is 0.0876. The number of fused-ring (bicyclic) bond motifs is 2. The van der Waals surface area contributed by atoms with E-state index in [9.17, 15) is 19.2 Å². The van der Waals surface area contributed by atoms with Crippen LogP contribution in [0.4, 0.5) is 10.5 Å². The number of carbonyl (C=O) groups is 4. The maximum atomic E-state index is 13.3. The second-order valence-corrected chi connectivity index (χ2v) is 9.28. The Labute approximate surface area is 206 Å². The van der Waals surface area contributed by atoms with Crippen LogP contribution < -0.4 is 10.6 Å². The molecule has 0 aliphatic carbocycles. The summed E-state index contributed by atoms with van der Waals surface area (Å²) in [5.41, 5.74) is 4.03. The monoisotopic (exact) mass is 484 g/mol. The van der Waals surface area contributed by atoms with E-state index < -0.39 is 11.9 Å². The SMILES string of the molecule is O=C1CCC(N2Cc3cc(NC(=O)N4Cc5ccccc5C(n5cccn5)C4)ccc3C2=O)C(=O)N1. The smallest absolute Gasteiger partial charge is 0.322 e. The molecule has 10 nitrogen and oxygen atoms in total. The number of hydrogen-bond donors (Lipinski definition) is 2. The van der Waals surface area contributed by atoms with Crippen LogP contribution in [-0.4, -0.2) is 55.9 Å². The molecule has 0 bridgehead atoms. The fourth-order valence-electron chi connectivity index (χ4n) is 5.28. The van der Waals surface area contributed by atoms with Crippen LogP contribution >= 0.6 is 0 Å². The molecule has 10 heteroatoms. The Bertz CT molecular complexity index is 1380. The summed E-state index contributed by atoms with van der Waals surface area (Å²) in [6.07, 6.45) is 4.14. The summed E-state index contributed by atoms with van der Waals surface area (Å²) in [7, 11) is 0. The highest BCUT2D eigenvalue weighted by atomic mass is 16.2. The number of rotatable bonds is 3. The van der Waals surface area contributed by atoms with Crippen molar-refractivity contribution in [1.82, 2.24) is 24.9 Å². The quantitative estimate of drug-likeness (QED) is 0.554. The fraction of sp³-hybridized carbons (Fsp3) is 0.269. The Morgan fingerprint density at radius 1 is 1.00 bits per heavy atom. The van der Waals surface area contributed by atoms with Gasteiger partial charge in [0, 0.05) is 49.7 Å². The molecule has 1 saturated heterocycles. The molecule has 36 heavy (non-hydrogen) atoms. The highest BCUT2D eigenvalue weighted by Crippen LogP contribution is 2.31. The number of nitrogens with one attached hydrogen (secondary N) is 2. The number of carbonyl (C=O) groups excluding carboxylic acids is 4. The van der Waals surface area contributed by atoms with Gasteiger partial charge in [0.15, 0.2) is 0 Å². The highest BCUT2D eigenvalue weighted by molar-refractivity contribution is 6.05. The second kappa shape index (κ2) is 8.63. The predicted octanol–water partition coefficient (Wildman–Crippen LogP) is 2.28. The Morgan fingerprint density at radius 2 is 1.86 bits per heavy atom. The largest absolute Gasteiger partial charge is 0.322 e. The average molecular weight is 485 g/mol. The Morgan fingerprint density at radius 3 is 2.67 bits per heavy atom. The van der Waals surface area contributed by atoms with Crippen LogP contribution in [0.3, 0.4) is 0 Å². The minimum atomic E-state index is -0.673. The molecular weight excluding hydrogens is 460 g/mol. The first-order valence-electron chi connectivity index (χ1n) is 11.9. The lowest BCUT2D eigenvalue weighted by atomic mass is 9.95. The van der Waals surface area contributed by atoms with Gasteiger partial charge >= 0.3 is 6.03 Å². The first-order chi connectivity index (χ1) is 17.5. The lowest BCUT2D eigenvalue weighted by Gasteiger charge is -2.34. The van der Waals surface area contributed by atoms with E-state index in [1.165, 1.54) is 4.90 Å². The zero-order valence-electron chi connectivity index (χ0n) is 19.4. The van der Waals surface area contributed by atoms with Crippen molar-refractivity contribution in [2.75, 3.05) is 11.9 Å². The molecule has 182 valence electrons. The van der Waals surface area contributed by atoms with Crippen LogP contribution in [0.25, 0.3) is 0 Å². The topological polar surface area (TPSA) is 117 Å². The molecule has 5 amide bonds. The molecule has 2 unspecified atom stereocenters. The number of piperidine rings is 1. The van der Waals surface area contributed by atoms with Crippen LogP contribution in [0.1, 0.15) is 45.9 Å². The average Bonchev–Trinajstić information content (AvgIpc) is 3.52. The number of amides is 5. The van der Waals surface area contributed by atoms with Gasteiger partial charge in [-0.3, -0.25) is 24.4 Å². The van der Waals surface area contributed by atoms with Crippen molar-refractivity contribution < 1.29 is 19.2 Å². The van der Waals surface area contributed by atoms with Crippen molar-refractivity contribution in [3.8, 4) is 0 Å². The number of imide groups is 1. The third-order valence-corrected chi connectivity index (χ3v) is 7.07. The van der Waals surface area contributed by atoms with Gasteiger partial charge in [-0.05, 0) is 47.4 Å². The molecule has 3 aliphatic rings. The van der Waals surface area contributed by atoms with E-state index >= 15 is 0 Å². The van der Waals surface area contributed by atoms with Gasteiger partial charge in [-0.2, -0.15) is 5.10 Å². The van der Waals surface area contributed by atoms with E-state index in [-0.39, 0.29) is 36.9 Å². The summed E-state index contributed by atoms with van der Waals surface area (Å²) >= 11 is 0. The van der Waals surface area contributed by atoms with Crippen LogP contribution in [0.15, 0.2) is 60.9 Å². The van der Waals surface area contributed by atoms with Gasteiger partial charge in [-0.25, -0.2) is 4.79 Å². The minimum Gasteiger partial charge on any atom is -0.322 e. The third kappa shape index (κ3) is 3.80. The van der Waals surface area contributed by atoms with E-state index in [0.29, 0.717) is 30.8 Å². The van der Waals surface area contributed by atoms with E-state index in [1.807, 2.05) is 35.1 Å². The van der Waals surface area contributed by atoms with Crippen LogP contribution in [-0.2, 0) is 22.7 Å². The molecule has 2 atom stereocenters. The molecule has 0 spiro atoms. The van der Waals surface area contributed by atoms with Crippen LogP contribution in [0.5, 0.6) is 0 Å². The number of nitrogens with zero attached hydrogens (tertiary/aromatic N) is 4.